The van der Waals surface area contributed by atoms with Gasteiger partial charge in [-0.25, -0.2) is 0 Å². The second-order valence-electron chi connectivity index (χ2n) is 4.65. The molecule has 0 aliphatic rings. The lowest BCUT2D eigenvalue weighted by Crippen LogP contribution is -2.11. The Kier molecular flexibility index (Phi) is 2.03. The molecule has 0 bridgehead atoms. The molecule has 1 aromatic carbocycles. The Morgan fingerprint density at radius 1 is 1.07 bits per heavy atom. The molecule has 1 aromatic heterocycles. The van der Waals surface area contributed by atoms with Crippen molar-refractivity contribution in [3.05, 3.63) is 42.2 Å². The van der Waals surface area contributed by atoms with Crippen molar-refractivity contribution in [3.8, 4) is 0 Å². The summed E-state index contributed by atoms with van der Waals surface area (Å²) in [6.45, 7) is 6.71. The summed E-state index contributed by atoms with van der Waals surface area (Å²) in [5.41, 5.74) is 1.58. The van der Waals surface area contributed by atoms with E-state index in [1.807, 2.05) is 12.4 Å². The molecule has 0 saturated heterocycles. The molecule has 0 amide bonds. The third-order valence-electron chi connectivity index (χ3n) is 2.49. The van der Waals surface area contributed by atoms with Gasteiger partial charge in [-0.1, -0.05) is 39.0 Å². The van der Waals surface area contributed by atoms with Crippen LogP contribution in [0.3, 0.4) is 0 Å². The maximum absolute atomic E-state index is 4.14. The number of fused-ring (bicyclic) bond motifs is 1. The number of aromatic nitrogens is 1. The van der Waals surface area contributed by atoms with Gasteiger partial charge < -0.3 is 0 Å². The summed E-state index contributed by atoms with van der Waals surface area (Å²) < 4.78 is 0. The van der Waals surface area contributed by atoms with Crippen molar-refractivity contribution in [1.29, 1.82) is 0 Å². The Morgan fingerprint density at radius 2 is 1.86 bits per heavy atom. The van der Waals surface area contributed by atoms with E-state index in [-0.39, 0.29) is 5.41 Å². The minimum absolute atomic E-state index is 0.195. The maximum Gasteiger partial charge on any atom is 0.0346 e. The second-order valence-corrected chi connectivity index (χ2v) is 4.65. The van der Waals surface area contributed by atoms with Crippen LogP contribution in [0.15, 0.2) is 36.7 Å². The van der Waals surface area contributed by atoms with Crippen LogP contribution in [0.1, 0.15) is 26.3 Å². The molecule has 14 heavy (non-hydrogen) atoms. The average Bonchev–Trinajstić information content (AvgIpc) is 2.15. The van der Waals surface area contributed by atoms with Crippen molar-refractivity contribution < 1.29 is 0 Å². The number of nitrogens with zero attached hydrogens (tertiary/aromatic N) is 1. The predicted octanol–water partition coefficient (Wildman–Crippen LogP) is 3.53. The molecule has 1 heteroatoms. The maximum atomic E-state index is 4.14. The van der Waals surface area contributed by atoms with E-state index >= 15 is 0 Å². The van der Waals surface area contributed by atoms with E-state index in [1.165, 1.54) is 16.3 Å². The molecule has 2 aromatic rings. The molecule has 0 N–H and O–H groups in total. The summed E-state index contributed by atoms with van der Waals surface area (Å²) >= 11 is 0. The Hall–Kier alpha value is -1.37. The average molecular weight is 185 g/mol. The Labute approximate surface area is 84.8 Å². The van der Waals surface area contributed by atoms with Gasteiger partial charge in [0.1, 0.15) is 0 Å². The zero-order valence-electron chi connectivity index (χ0n) is 8.91. The summed E-state index contributed by atoms with van der Waals surface area (Å²) in [4.78, 5) is 4.14. The molecule has 1 heterocycles. The Bertz CT molecular complexity index is 447. The van der Waals surface area contributed by atoms with Crippen molar-refractivity contribution in [3.63, 3.8) is 0 Å². The molecule has 0 fully saturated rings. The molecule has 0 spiro atoms. The van der Waals surface area contributed by atoms with Crippen LogP contribution in [0.5, 0.6) is 0 Å². The number of benzene rings is 1. The Morgan fingerprint density at radius 3 is 2.57 bits per heavy atom. The van der Waals surface area contributed by atoms with Crippen LogP contribution in [0.25, 0.3) is 10.8 Å². The standard InChI is InChI=1S/C13H15N/c1-13(2,3)12-6-4-5-10-9-14-8-7-11(10)12/h4-9H,1-3H3. The van der Waals surface area contributed by atoms with Crippen molar-refractivity contribution >= 4 is 10.8 Å². The smallest absolute Gasteiger partial charge is 0.0346 e. The summed E-state index contributed by atoms with van der Waals surface area (Å²) in [6.07, 6.45) is 3.78. The first-order chi connectivity index (χ1) is 6.59. The van der Waals surface area contributed by atoms with Crippen molar-refractivity contribution in [2.75, 3.05) is 0 Å². The van der Waals surface area contributed by atoms with Crippen molar-refractivity contribution in [2.24, 2.45) is 0 Å². The normalized spacial score (nSPS) is 11.9. The SMILES string of the molecule is CC(C)(C)c1cccc2cnccc12. The van der Waals surface area contributed by atoms with E-state index in [0.717, 1.165) is 0 Å². The van der Waals surface area contributed by atoms with E-state index in [0.29, 0.717) is 0 Å². The number of hydrogen-bond acceptors (Lipinski definition) is 1. The topological polar surface area (TPSA) is 12.9 Å². The van der Waals surface area contributed by atoms with Crippen LogP contribution in [0.4, 0.5) is 0 Å². The molecule has 2 rings (SSSR count). The molecule has 72 valence electrons. The summed E-state index contributed by atoms with van der Waals surface area (Å²) in [6, 6.07) is 8.50. The van der Waals surface area contributed by atoms with Gasteiger partial charge in [0.2, 0.25) is 0 Å². The van der Waals surface area contributed by atoms with Crippen LogP contribution in [0, 0.1) is 0 Å². The fourth-order valence-corrected chi connectivity index (χ4v) is 1.78. The fraction of sp³-hybridized carbons (Fsp3) is 0.308. The highest BCUT2D eigenvalue weighted by Gasteiger charge is 2.15. The third-order valence-corrected chi connectivity index (χ3v) is 2.49. The minimum Gasteiger partial charge on any atom is -0.264 e. The van der Waals surface area contributed by atoms with Crippen LogP contribution in [-0.2, 0) is 5.41 Å². The molecule has 0 unspecified atom stereocenters. The number of pyridine rings is 1. The quantitative estimate of drug-likeness (QED) is 0.611. The molecule has 0 saturated carbocycles. The number of hydrogen-bond donors (Lipinski definition) is 0. The van der Waals surface area contributed by atoms with Crippen molar-refractivity contribution in [2.45, 2.75) is 26.2 Å². The molecular weight excluding hydrogens is 170 g/mol. The largest absolute Gasteiger partial charge is 0.264 e. The van der Waals surface area contributed by atoms with E-state index in [2.05, 4.69) is 50.0 Å². The van der Waals surface area contributed by atoms with Gasteiger partial charge in [-0.05, 0) is 22.4 Å². The molecule has 1 nitrogen and oxygen atoms in total. The molecular formula is C13H15N. The van der Waals surface area contributed by atoms with Crippen molar-refractivity contribution in [1.82, 2.24) is 4.98 Å². The highest BCUT2D eigenvalue weighted by Crippen LogP contribution is 2.28. The van der Waals surface area contributed by atoms with E-state index in [4.69, 9.17) is 0 Å². The van der Waals surface area contributed by atoms with Gasteiger partial charge in [-0.15, -0.1) is 0 Å². The van der Waals surface area contributed by atoms with Gasteiger partial charge in [-0.2, -0.15) is 0 Å². The summed E-state index contributed by atoms with van der Waals surface area (Å²) in [5, 5.41) is 2.54. The zero-order valence-corrected chi connectivity index (χ0v) is 8.91. The molecule has 0 atom stereocenters. The second kappa shape index (κ2) is 3.09. The zero-order chi connectivity index (χ0) is 10.2. The van der Waals surface area contributed by atoms with Gasteiger partial charge >= 0.3 is 0 Å². The lowest BCUT2D eigenvalue weighted by atomic mass is 9.84. The first-order valence-electron chi connectivity index (χ1n) is 4.92. The Balaban J connectivity index is 2.78. The minimum atomic E-state index is 0.195. The van der Waals surface area contributed by atoms with Crippen LogP contribution in [0.2, 0.25) is 0 Å². The van der Waals surface area contributed by atoms with E-state index in [1.54, 1.807) is 0 Å². The summed E-state index contributed by atoms with van der Waals surface area (Å²) in [7, 11) is 0. The highest BCUT2D eigenvalue weighted by molar-refractivity contribution is 5.85. The van der Waals surface area contributed by atoms with E-state index < -0.39 is 0 Å². The van der Waals surface area contributed by atoms with E-state index in [9.17, 15) is 0 Å². The first-order valence-corrected chi connectivity index (χ1v) is 4.92. The van der Waals surface area contributed by atoms with Gasteiger partial charge in [0.25, 0.3) is 0 Å². The number of rotatable bonds is 0. The van der Waals surface area contributed by atoms with Crippen LogP contribution >= 0.6 is 0 Å². The van der Waals surface area contributed by atoms with Crippen LogP contribution < -0.4 is 0 Å². The van der Waals surface area contributed by atoms with Crippen LogP contribution in [-0.4, -0.2) is 4.98 Å². The van der Waals surface area contributed by atoms with Gasteiger partial charge in [0.15, 0.2) is 0 Å². The predicted molar refractivity (Wildman–Crippen MR) is 60.4 cm³/mol. The first kappa shape index (κ1) is 9.20. The third kappa shape index (κ3) is 1.50. The highest BCUT2D eigenvalue weighted by atomic mass is 14.6. The fourth-order valence-electron chi connectivity index (χ4n) is 1.78. The molecule has 0 radical (unpaired) electrons. The van der Waals surface area contributed by atoms with Gasteiger partial charge in [0.05, 0.1) is 0 Å². The summed E-state index contributed by atoms with van der Waals surface area (Å²) in [5.74, 6) is 0. The molecule has 0 aliphatic carbocycles. The van der Waals surface area contributed by atoms with Gasteiger partial charge in [-0.3, -0.25) is 4.98 Å². The lowest BCUT2D eigenvalue weighted by Gasteiger charge is -2.20. The van der Waals surface area contributed by atoms with Gasteiger partial charge in [0, 0.05) is 17.8 Å². The lowest BCUT2D eigenvalue weighted by molar-refractivity contribution is 0.596. The molecule has 0 aliphatic heterocycles. The monoisotopic (exact) mass is 185 g/mol.